The molecule has 1 aromatic heterocycles. The summed E-state index contributed by atoms with van der Waals surface area (Å²) in [5, 5.41) is 3.81. The van der Waals surface area contributed by atoms with Gasteiger partial charge in [-0.25, -0.2) is 4.39 Å². The number of hydrogen-bond acceptors (Lipinski definition) is 4. The molecule has 0 unspecified atom stereocenters. The minimum Gasteiger partial charge on any atom is -0.356 e. The third kappa shape index (κ3) is 2.45. The number of rotatable bonds is 2. The van der Waals surface area contributed by atoms with Gasteiger partial charge in [-0.3, -0.25) is 9.59 Å². The maximum atomic E-state index is 12.9. The monoisotopic (exact) mass is 283 g/mol. The third-order valence-corrected chi connectivity index (χ3v) is 3.19. The summed E-state index contributed by atoms with van der Waals surface area (Å²) in [5.41, 5.74) is 1.52. The Bertz CT molecular complexity index is 797. The lowest BCUT2D eigenvalue weighted by molar-refractivity contribution is -0.114. The lowest BCUT2D eigenvalue weighted by Crippen LogP contribution is -2.10. The third-order valence-electron chi connectivity index (χ3n) is 3.19. The van der Waals surface area contributed by atoms with Gasteiger partial charge in [0.2, 0.25) is 0 Å². The van der Waals surface area contributed by atoms with Crippen LogP contribution in [0, 0.1) is 5.82 Å². The van der Waals surface area contributed by atoms with Gasteiger partial charge in [0.15, 0.2) is 17.3 Å². The van der Waals surface area contributed by atoms with Crippen LogP contribution < -0.4 is 0 Å². The van der Waals surface area contributed by atoms with Crippen molar-refractivity contribution in [2.24, 2.45) is 0 Å². The Morgan fingerprint density at radius 3 is 2.48 bits per heavy atom. The van der Waals surface area contributed by atoms with Crippen molar-refractivity contribution >= 4 is 17.1 Å². The number of ketones is 2. The minimum absolute atomic E-state index is 0.197. The quantitative estimate of drug-likeness (QED) is 0.795. The van der Waals surface area contributed by atoms with Crippen molar-refractivity contribution in [3.8, 4) is 11.3 Å². The molecule has 104 valence electrons. The Morgan fingerprint density at radius 1 is 1.05 bits per heavy atom. The van der Waals surface area contributed by atoms with Crippen LogP contribution in [0.15, 0.2) is 52.6 Å². The fourth-order valence-corrected chi connectivity index (χ4v) is 2.01. The summed E-state index contributed by atoms with van der Waals surface area (Å²) >= 11 is 0. The van der Waals surface area contributed by atoms with E-state index in [0.29, 0.717) is 16.9 Å². The first-order chi connectivity index (χ1) is 10.0. The molecule has 21 heavy (non-hydrogen) atoms. The predicted molar refractivity (Wildman–Crippen MR) is 73.6 cm³/mol. The number of benzene rings is 1. The van der Waals surface area contributed by atoms with Crippen LogP contribution in [0.4, 0.5) is 4.39 Å². The van der Waals surface area contributed by atoms with E-state index in [0.717, 1.165) is 0 Å². The lowest BCUT2D eigenvalue weighted by atomic mass is 9.96. The number of carbonyl (C=O) groups is 2. The van der Waals surface area contributed by atoms with E-state index < -0.39 is 0 Å². The fraction of sp³-hybridized carbons (Fsp3) is 0.0625. The van der Waals surface area contributed by atoms with Gasteiger partial charge in [0.05, 0.1) is 5.57 Å². The molecular weight excluding hydrogens is 273 g/mol. The Balaban J connectivity index is 1.96. The normalized spacial score (nSPS) is 15.0. The van der Waals surface area contributed by atoms with Gasteiger partial charge in [-0.05, 0) is 43.3 Å². The highest BCUT2D eigenvalue weighted by Crippen LogP contribution is 2.26. The summed E-state index contributed by atoms with van der Waals surface area (Å²) in [6, 6.07) is 7.26. The van der Waals surface area contributed by atoms with Crippen molar-refractivity contribution < 1.29 is 18.5 Å². The Hall–Kier alpha value is -2.82. The van der Waals surface area contributed by atoms with E-state index in [1.807, 2.05) is 0 Å². The summed E-state index contributed by atoms with van der Waals surface area (Å²) < 4.78 is 18.0. The molecular formula is C16H10FNO3. The van der Waals surface area contributed by atoms with Crippen LogP contribution in [0.1, 0.15) is 12.6 Å². The first-order valence-corrected chi connectivity index (χ1v) is 6.26. The summed E-state index contributed by atoms with van der Waals surface area (Å²) in [5.74, 6) is -0.464. The van der Waals surface area contributed by atoms with Crippen molar-refractivity contribution in [3.05, 3.63) is 59.6 Å². The van der Waals surface area contributed by atoms with E-state index in [2.05, 4.69) is 5.16 Å². The average molecular weight is 283 g/mol. The standard InChI is InChI=1S/C16H10FNO3/c1-9-6-15(20)12(7-14(9)19)13-8-16(21-18-13)10-2-4-11(17)5-3-10/h2-8H,1H3. The molecule has 0 atom stereocenters. The van der Waals surface area contributed by atoms with E-state index in [1.165, 1.54) is 24.3 Å². The summed E-state index contributed by atoms with van der Waals surface area (Å²) in [4.78, 5) is 23.6. The van der Waals surface area contributed by atoms with Crippen LogP contribution in [-0.2, 0) is 9.59 Å². The molecule has 5 heteroatoms. The van der Waals surface area contributed by atoms with Gasteiger partial charge in [-0.15, -0.1) is 0 Å². The highest BCUT2D eigenvalue weighted by atomic mass is 19.1. The molecule has 0 N–H and O–H groups in total. The minimum atomic E-state index is -0.352. The Morgan fingerprint density at radius 2 is 1.76 bits per heavy atom. The number of carbonyl (C=O) groups excluding carboxylic acids is 2. The lowest BCUT2D eigenvalue weighted by Gasteiger charge is -2.05. The highest BCUT2D eigenvalue weighted by Gasteiger charge is 2.22. The molecule has 3 rings (SSSR count). The SMILES string of the molecule is CC1=CC(=O)C(c2cc(-c3ccc(F)cc3)on2)=CC1=O. The first kappa shape index (κ1) is 13.2. The van der Waals surface area contributed by atoms with Crippen molar-refractivity contribution in [3.63, 3.8) is 0 Å². The topological polar surface area (TPSA) is 60.2 Å². The summed E-state index contributed by atoms with van der Waals surface area (Å²) in [6.07, 6.45) is 2.54. The second-order valence-electron chi connectivity index (χ2n) is 4.70. The van der Waals surface area contributed by atoms with E-state index in [1.54, 1.807) is 25.1 Å². The van der Waals surface area contributed by atoms with Crippen molar-refractivity contribution in [2.75, 3.05) is 0 Å². The van der Waals surface area contributed by atoms with Crippen molar-refractivity contribution in [2.45, 2.75) is 6.92 Å². The molecule has 0 saturated carbocycles. The number of nitrogens with zero attached hydrogens (tertiary/aromatic N) is 1. The molecule has 1 heterocycles. The van der Waals surface area contributed by atoms with Gasteiger partial charge < -0.3 is 4.52 Å². The van der Waals surface area contributed by atoms with Crippen LogP contribution in [0.3, 0.4) is 0 Å². The van der Waals surface area contributed by atoms with Gasteiger partial charge in [0.1, 0.15) is 11.5 Å². The maximum absolute atomic E-state index is 12.9. The van der Waals surface area contributed by atoms with Crippen LogP contribution in [-0.4, -0.2) is 16.7 Å². The molecule has 0 fully saturated rings. The Labute approximate surface area is 119 Å². The van der Waals surface area contributed by atoms with Gasteiger partial charge in [0, 0.05) is 17.2 Å². The second kappa shape index (κ2) is 4.94. The molecule has 0 amide bonds. The molecule has 0 bridgehead atoms. The van der Waals surface area contributed by atoms with Crippen LogP contribution >= 0.6 is 0 Å². The van der Waals surface area contributed by atoms with E-state index in [-0.39, 0.29) is 28.7 Å². The molecule has 0 saturated heterocycles. The Kier molecular flexibility index (Phi) is 3.10. The zero-order chi connectivity index (χ0) is 15.0. The van der Waals surface area contributed by atoms with E-state index >= 15 is 0 Å². The molecule has 0 aliphatic heterocycles. The summed E-state index contributed by atoms with van der Waals surface area (Å²) in [6.45, 7) is 1.58. The van der Waals surface area contributed by atoms with E-state index in [4.69, 9.17) is 4.52 Å². The van der Waals surface area contributed by atoms with Gasteiger partial charge >= 0.3 is 0 Å². The predicted octanol–water partition coefficient (Wildman–Crippen LogP) is 2.96. The molecule has 1 aliphatic carbocycles. The maximum Gasteiger partial charge on any atom is 0.188 e. The molecule has 4 nitrogen and oxygen atoms in total. The number of halogens is 1. The fourth-order valence-electron chi connectivity index (χ4n) is 2.01. The largest absolute Gasteiger partial charge is 0.356 e. The summed E-state index contributed by atoms with van der Waals surface area (Å²) in [7, 11) is 0. The van der Waals surface area contributed by atoms with Crippen molar-refractivity contribution in [1.82, 2.24) is 5.16 Å². The second-order valence-corrected chi connectivity index (χ2v) is 4.70. The van der Waals surface area contributed by atoms with Gasteiger partial charge in [0.25, 0.3) is 0 Å². The molecule has 0 spiro atoms. The molecule has 0 radical (unpaired) electrons. The number of allylic oxidation sites excluding steroid dienone is 4. The van der Waals surface area contributed by atoms with Crippen molar-refractivity contribution in [1.29, 1.82) is 0 Å². The smallest absolute Gasteiger partial charge is 0.188 e. The molecule has 1 aromatic carbocycles. The number of aromatic nitrogens is 1. The zero-order valence-corrected chi connectivity index (χ0v) is 11.1. The number of hydrogen-bond donors (Lipinski definition) is 0. The van der Waals surface area contributed by atoms with Crippen LogP contribution in [0.25, 0.3) is 16.9 Å². The highest BCUT2D eigenvalue weighted by molar-refractivity contribution is 6.34. The average Bonchev–Trinajstić information content (AvgIpc) is 2.93. The molecule has 1 aliphatic rings. The molecule has 2 aromatic rings. The zero-order valence-electron chi connectivity index (χ0n) is 11.1. The van der Waals surface area contributed by atoms with Crippen LogP contribution in [0.5, 0.6) is 0 Å². The van der Waals surface area contributed by atoms with Crippen LogP contribution in [0.2, 0.25) is 0 Å². The van der Waals surface area contributed by atoms with Gasteiger partial charge in [-0.1, -0.05) is 5.16 Å². The van der Waals surface area contributed by atoms with Gasteiger partial charge in [-0.2, -0.15) is 0 Å². The van der Waals surface area contributed by atoms with E-state index in [9.17, 15) is 14.0 Å². The first-order valence-electron chi connectivity index (χ1n) is 6.26.